The highest BCUT2D eigenvalue weighted by Crippen LogP contribution is 2.49. The molecule has 39 heavy (non-hydrogen) atoms. The Bertz CT molecular complexity index is 1250. The first-order valence-corrected chi connectivity index (χ1v) is 13.9. The molecule has 6 atom stereocenters. The summed E-state index contributed by atoms with van der Waals surface area (Å²) in [7, 11) is 5.85. The van der Waals surface area contributed by atoms with Crippen molar-refractivity contribution in [3.63, 3.8) is 0 Å². The van der Waals surface area contributed by atoms with Crippen LogP contribution in [0.1, 0.15) is 30.0 Å². The van der Waals surface area contributed by atoms with Crippen LogP contribution in [0.4, 0.5) is 17.6 Å². The number of benzene rings is 3. The Hall–Kier alpha value is -2.26. The number of hydrogen-bond acceptors (Lipinski definition) is 3. The van der Waals surface area contributed by atoms with Gasteiger partial charge in [0.2, 0.25) is 5.91 Å². The maximum atomic E-state index is 14.4. The predicted molar refractivity (Wildman–Crippen MR) is 154 cm³/mol. The van der Waals surface area contributed by atoms with E-state index >= 15 is 0 Å². The zero-order chi connectivity index (χ0) is 28.5. The molecule has 0 radical (unpaired) electrons. The molecule has 1 aliphatic carbocycles. The number of nitrogens with one attached hydrogen (secondary N) is 1. The lowest BCUT2D eigenvalue weighted by atomic mass is 9.70. The lowest BCUT2D eigenvalue weighted by molar-refractivity contribution is -0.124. The third-order valence-corrected chi connectivity index (χ3v) is 6.77. The van der Waals surface area contributed by atoms with Crippen LogP contribution < -0.4 is 14.8 Å². The van der Waals surface area contributed by atoms with E-state index in [9.17, 15) is 22.4 Å². The first-order chi connectivity index (χ1) is 18.2. The number of hydrogen-bond donors (Lipinski definition) is 1. The number of amides is 1. The van der Waals surface area contributed by atoms with Gasteiger partial charge in [-0.1, -0.05) is 63.8 Å². The maximum absolute atomic E-state index is 14.4. The molecule has 208 valence electrons. The van der Waals surface area contributed by atoms with Crippen molar-refractivity contribution in [1.82, 2.24) is 5.32 Å². The molecule has 0 saturated heterocycles. The normalized spacial score (nSPS) is 19.3. The Morgan fingerprint density at radius 1 is 0.923 bits per heavy atom. The zero-order valence-corrected chi connectivity index (χ0v) is 24.6. The fraction of sp³-hybridized carbons (Fsp3) is 0.321. The summed E-state index contributed by atoms with van der Waals surface area (Å²) in [6.07, 6.45) is -0.181. The van der Waals surface area contributed by atoms with Gasteiger partial charge in [0.15, 0.2) is 0 Å². The summed E-state index contributed by atoms with van der Waals surface area (Å²) in [6.45, 7) is 1.17. The Labute approximate surface area is 232 Å². The summed E-state index contributed by atoms with van der Waals surface area (Å²) in [5.74, 6) is -4.72. The van der Waals surface area contributed by atoms with Gasteiger partial charge in [-0.25, -0.2) is 8.78 Å². The molecule has 1 amide bonds. The Morgan fingerprint density at radius 3 is 1.95 bits per heavy atom. The molecule has 0 bridgehead atoms. The molecule has 0 spiro atoms. The molecule has 0 aliphatic heterocycles. The lowest BCUT2D eigenvalue weighted by Gasteiger charge is -2.36. The van der Waals surface area contributed by atoms with Crippen LogP contribution in [-0.2, 0) is 16.6 Å². The fourth-order valence-corrected chi connectivity index (χ4v) is 4.97. The van der Waals surface area contributed by atoms with Crippen LogP contribution >= 0.6 is 27.7 Å². The number of carbonyl (C=O) groups excluding carboxylic acids is 1. The Morgan fingerprint density at radius 2 is 1.46 bits per heavy atom. The van der Waals surface area contributed by atoms with E-state index in [-0.39, 0.29) is 18.0 Å². The van der Waals surface area contributed by atoms with Crippen molar-refractivity contribution in [1.29, 1.82) is 0 Å². The topological polar surface area (TPSA) is 47.6 Å². The van der Waals surface area contributed by atoms with Crippen molar-refractivity contribution in [3.8, 4) is 11.5 Å². The minimum absolute atomic E-state index is 0.0729. The largest absolute Gasteiger partial charge is 0.455 e. The number of halogens is 4. The first kappa shape index (κ1) is 29.7. The van der Waals surface area contributed by atoms with Gasteiger partial charge in [0.1, 0.15) is 17.4 Å². The Balaban J connectivity index is 1.85. The monoisotopic (exact) mass is 597 g/mol. The highest BCUT2D eigenvalue weighted by molar-refractivity contribution is 7.38. The maximum Gasteiger partial charge on any atom is 0.270 e. The van der Waals surface area contributed by atoms with Crippen LogP contribution in [0.2, 0.25) is 0 Å². The second kappa shape index (κ2) is 11.3. The van der Waals surface area contributed by atoms with Gasteiger partial charge in [0.25, 0.3) is 16.9 Å². The summed E-state index contributed by atoms with van der Waals surface area (Å²) < 4.78 is 67.0. The van der Waals surface area contributed by atoms with Crippen molar-refractivity contribution < 1.29 is 31.8 Å². The van der Waals surface area contributed by atoms with Crippen LogP contribution in [0.5, 0.6) is 11.5 Å². The van der Waals surface area contributed by atoms with Gasteiger partial charge in [-0.05, 0) is 65.9 Å². The predicted octanol–water partition coefficient (Wildman–Crippen LogP) is 6.59. The summed E-state index contributed by atoms with van der Waals surface area (Å²) in [5, 5.41) is 0.612. The van der Waals surface area contributed by atoms with Gasteiger partial charge < -0.3 is 14.8 Å². The molecule has 3 aromatic carbocycles. The number of carbonyl (C=O) groups is 1. The molecule has 4 rings (SSSR count). The first-order valence-electron chi connectivity index (χ1n) is 12.2. The molecule has 1 saturated carbocycles. The molecule has 11 heteroatoms. The summed E-state index contributed by atoms with van der Waals surface area (Å²) >= 11 is 0. The van der Waals surface area contributed by atoms with E-state index in [2.05, 4.69) is 5.32 Å². The second-order valence-corrected chi connectivity index (χ2v) is 13.2. The van der Waals surface area contributed by atoms with Crippen LogP contribution in [0.25, 0.3) is 0 Å². The number of ether oxygens (including phenoxy) is 2. The smallest absolute Gasteiger partial charge is 0.270 e. The molecular weight excluding hydrogens is 567 g/mol. The fourth-order valence-electron chi connectivity index (χ4n) is 4.57. The standard InChI is InChI=1S/C28H30F4NO3P3/c1-25(29,37)35-21-11-5-9-19(13-21)26(15-18-7-3-2-4-8-18,17-33-24(34)23-16-27(23,30)31)20-10-6-12-22(14-20)36-28(32,38)39/h2-14,23H,15-17,37-39H2,1H3,(H,33,34). The molecule has 0 heterocycles. The summed E-state index contributed by atoms with van der Waals surface area (Å²) in [5.41, 5.74) is -0.964. The van der Waals surface area contributed by atoms with Crippen molar-refractivity contribution in [2.45, 2.75) is 42.0 Å². The third-order valence-electron chi connectivity index (χ3n) is 6.42. The van der Waals surface area contributed by atoms with Gasteiger partial charge in [-0.3, -0.25) is 4.79 Å². The van der Waals surface area contributed by atoms with Crippen molar-refractivity contribution in [2.75, 3.05) is 6.54 Å². The average molecular weight is 597 g/mol. The van der Waals surface area contributed by atoms with E-state index in [0.29, 0.717) is 17.5 Å². The molecule has 6 unspecified atom stereocenters. The zero-order valence-electron chi connectivity index (χ0n) is 21.2. The van der Waals surface area contributed by atoms with E-state index in [1.54, 1.807) is 48.5 Å². The van der Waals surface area contributed by atoms with Crippen molar-refractivity contribution >= 4 is 33.6 Å². The molecular formula is C28H30F4NO3P3. The average Bonchev–Trinajstić information content (AvgIpc) is 3.48. The van der Waals surface area contributed by atoms with Crippen molar-refractivity contribution in [3.05, 3.63) is 95.6 Å². The van der Waals surface area contributed by atoms with Gasteiger partial charge >= 0.3 is 0 Å². The van der Waals surface area contributed by atoms with Crippen LogP contribution in [0.15, 0.2) is 78.9 Å². The lowest BCUT2D eigenvalue weighted by Crippen LogP contribution is -2.44. The summed E-state index contributed by atoms with van der Waals surface area (Å²) in [4.78, 5) is 12.7. The number of rotatable bonds is 11. The minimum atomic E-state index is -3.03. The van der Waals surface area contributed by atoms with Crippen LogP contribution in [0, 0.1) is 5.92 Å². The van der Waals surface area contributed by atoms with Crippen LogP contribution in [-0.4, -0.2) is 29.3 Å². The molecule has 3 aromatic rings. The highest BCUT2D eigenvalue weighted by atomic mass is 31.1. The quantitative estimate of drug-likeness (QED) is 0.200. The van der Waals surface area contributed by atoms with Gasteiger partial charge in [-0.15, -0.1) is 0 Å². The summed E-state index contributed by atoms with van der Waals surface area (Å²) in [6, 6.07) is 22.9. The van der Waals surface area contributed by atoms with Gasteiger partial charge in [0.05, 0.1) is 0 Å². The SMILES string of the molecule is CC(F)(P)Oc1cccc(C(CNC(=O)C2CC2(F)F)(Cc2ccccc2)c2cccc(OC(F)(P)P)c2)c1. The molecule has 1 aliphatic rings. The minimum Gasteiger partial charge on any atom is -0.455 e. The Kier molecular flexibility index (Phi) is 8.62. The van der Waals surface area contributed by atoms with E-state index in [4.69, 9.17) is 9.47 Å². The highest BCUT2D eigenvalue weighted by Gasteiger charge is 2.61. The third kappa shape index (κ3) is 7.91. The van der Waals surface area contributed by atoms with Crippen LogP contribution in [0.3, 0.4) is 0 Å². The number of alkyl halides is 4. The second-order valence-electron chi connectivity index (χ2n) is 9.92. The van der Waals surface area contributed by atoms with E-state index in [1.807, 2.05) is 58.1 Å². The van der Waals surface area contributed by atoms with Gasteiger partial charge in [0, 0.05) is 25.3 Å². The molecule has 1 N–H and O–H groups in total. The van der Waals surface area contributed by atoms with E-state index in [0.717, 1.165) is 5.56 Å². The van der Waals surface area contributed by atoms with Gasteiger partial charge in [-0.2, -0.15) is 8.78 Å². The van der Waals surface area contributed by atoms with E-state index < -0.39 is 40.5 Å². The molecule has 1 fully saturated rings. The van der Waals surface area contributed by atoms with E-state index in [1.165, 1.54) is 6.92 Å². The molecule has 4 nitrogen and oxygen atoms in total. The van der Waals surface area contributed by atoms with Crippen molar-refractivity contribution in [2.24, 2.45) is 5.92 Å². The molecule has 0 aromatic heterocycles.